The number of aromatic nitrogens is 1. The second kappa shape index (κ2) is 5.90. The van der Waals surface area contributed by atoms with Crippen LogP contribution in [0.1, 0.15) is 21.7 Å². The van der Waals surface area contributed by atoms with E-state index in [0.29, 0.717) is 22.0 Å². The maximum Gasteiger partial charge on any atom is 0.238 e. The van der Waals surface area contributed by atoms with Crippen molar-refractivity contribution in [3.8, 4) is 0 Å². The molecule has 0 bridgehead atoms. The fourth-order valence-corrected chi connectivity index (χ4v) is 1.97. The third-order valence-electron chi connectivity index (χ3n) is 2.76. The largest absolute Gasteiger partial charge is 0.356 e. The van der Waals surface area contributed by atoms with E-state index in [0.717, 1.165) is 5.69 Å². The van der Waals surface area contributed by atoms with Gasteiger partial charge in [0.2, 0.25) is 11.7 Å². The van der Waals surface area contributed by atoms with Gasteiger partial charge in [-0.25, -0.2) is 0 Å². The van der Waals surface area contributed by atoms with Crippen molar-refractivity contribution in [3.05, 3.63) is 52.3 Å². The average Bonchev–Trinajstić information content (AvgIpc) is 2.86. The summed E-state index contributed by atoms with van der Waals surface area (Å²) in [5, 5.41) is 3.01. The van der Waals surface area contributed by atoms with E-state index < -0.39 is 0 Å². The Kier molecular flexibility index (Phi) is 4.22. The lowest BCUT2D eigenvalue weighted by Gasteiger charge is -2.09. The first-order valence-corrected chi connectivity index (χ1v) is 6.39. The molecular weight excluding hydrogens is 278 g/mol. The molecule has 4 N–H and O–H groups in total. The predicted molar refractivity (Wildman–Crippen MR) is 78.1 cm³/mol. The Balaban J connectivity index is 2.41. The van der Waals surface area contributed by atoms with Gasteiger partial charge in [0.05, 0.1) is 17.9 Å². The highest BCUT2D eigenvalue weighted by atomic mass is 35.5. The highest BCUT2D eigenvalue weighted by Gasteiger charge is 2.16. The number of hydrogen-bond donors (Lipinski definition) is 3. The number of carbonyl (C=O) groups is 2. The Labute approximate surface area is 121 Å². The van der Waals surface area contributed by atoms with Gasteiger partial charge in [0.25, 0.3) is 0 Å². The minimum atomic E-state index is -0.371. The normalized spacial score (nSPS) is 10.3. The second-order valence-corrected chi connectivity index (χ2v) is 4.76. The zero-order chi connectivity index (χ0) is 14.7. The van der Waals surface area contributed by atoms with Crippen molar-refractivity contribution in [2.75, 3.05) is 11.9 Å². The maximum absolute atomic E-state index is 12.4. The molecule has 6 heteroatoms. The quantitative estimate of drug-likeness (QED) is 0.754. The number of ketones is 1. The van der Waals surface area contributed by atoms with Crippen LogP contribution in [0.15, 0.2) is 30.3 Å². The fraction of sp³-hybridized carbons (Fsp3) is 0.143. The third-order valence-corrected chi connectivity index (χ3v) is 3.00. The van der Waals surface area contributed by atoms with Crippen molar-refractivity contribution in [1.82, 2.24) is 4.98 Å². The van der Waals surface area contributed by atoms with Gasteiger partial charge in [0, 0.05) is 16.3 Å². The predicted octanol–water partition coefficient (Wildman–Crippen LogP) is 2.10. The van der Waals surface area contributed by atoms with Gasteiger partial charge in [-0.2, -0.15) is 0 Å². The molecule has 1 aromatic heterocycles. The Hall–Kier alpha value is -2.11. The zero-order valence-corrected chi connectivity index (χ0v) is 11.6. The summed E-state index contributed by atoms with van der Waals surface area (Å²) < 4.78 is 0. The van der Waals surface area contributed by atoms with Gasteiger partial charge in [-0.1, -0.05) is 11.6 Å². The molecule has 5 nitrogen and oxygen atoms in total. The lowest BCUT2D eigenvalue weighted by atomic mass is 10.1. The monoisotopic (exact) mass is 291 g/mol. The Bertz CT molecular complexity index is 664. The highest BCUT2D eigenvalue weighted by molar-refractivity contribution is 6.31. The molecule has 0 unspecified atom stereocenters. The van der Waals surface area contributed by atoms with Crippen LogP contribution in [0.3, 0.4) is 0 Å². The summed E-state index contributed by atoms with van der Waals surface area (Å²) >= 11 is 5.92. The molecular formula is C14H14ClN3O2. The molecule has 0 radical (unpaired) electrons. The van der Waals surface area contributed by atoms with Crippen LogP contribution in [0.5, 0.6) is 0 Å². The second-order valence-electron chi connectivity index (χ2n) is 4.33. The summed E-state index contributed by atoms with van der Waals surface area (Å²) in [6.07, 6.45) is 0. The van der Waals surface area contributed by atoms with Crippen LogP contribution in [0.4, 0.5) is 5.69 Å². The van der Waals surface area contributed by atoms with Crippen LogP contribution < -0.4 is 11.1 Å². The van der Waals surface area contributed by atoms with E-state index in [4.69, 9.17) is 17.3 Å². The smallest absolute Gasteiger partial charge is 0.238 e. The van der Waals surface area contributed by atoms with Gasteiger partial charge in [-0.3, -0.25) is 9.59 Å². The van der Waals surface area contributed by atoms with Gasteiger partial charge in [0.1, 0.15) is 0 Å². The number of H-pyrrole nitrogens is 1. The molecule has 2 rings (SSSR count). The molecule has 20 heavy (non-hydrogen) atoms. The molecule has 2 aromatic rings. The van der Waals surface area contributed by atoms with Crippen LogP contribution in [-0.2, 0) is 4.79 Å². The number of aryl methyl sites for hydroxylation is 1. The summed E-state index contributed by atoms with van der Waals surface area (Å²) in [6.45, 7) is 1.70. The number of nitrogens with one attached hydrogen (secondary N) is 2. The average molecular weight is 292 g/mol. The topological polar surface area (TPSA) is 88.0 Å². The first kappa shape index (κ1) is 14.3. The minimum absolute atomic E-state index is 0.155. The van der Waals surface area contributed by atoms with Crippen LogP contribution in [0, 0.1) is 6.92 Å². The van der Waals surface area contributed by atoms with E-state index in [9.17, 15) is 9.59 Å². The Morgan fingerprint density at radius 2 is 2.05 bits per heavy atom. The van der Waals surface area contributed by atoms with Crippen molar-refractivity contribution in [3.63, 3.8) is 0 Å². The molecule has 0 fully saturated rings. The van der Waals surface area contributed by atoms with Crippen molar-refractivity contribution in [2.45, 2.75) is 6.92 Å². The standard InChI is InChI=1S/C14H14ClN3O2/c1-8-2-4-12(17-8)14(20)10-6-9(15)3-5-11(10)18-13(19)7-16/h2-6,17H,7,16H2,1H3,(H,18,19). The molecule has 1 aromatic carbocycles. The number of amides is 1. The number of carbonyl (C=O) groups excluding carboxylic acids is 2. The van der Waals surface area contributed by atoms with Gasteiger partial charge >= 0.3 is 0 Å². The third kappa shape index (κ3) is 3.07. The fourth-order valence-electron chi connectivity index (χ4n) is 1.80. The lowest BCUT2D eigenvalue weighted by molar-refractivity contribution is -0.114. The summed E-state index contributed by atoms with van der Waals surface area (Å²) in [5.74, 6) is -0.614. The lowest BCUT2D eigenvalue weighted by Crippen LogP contribution is -2.23. The molecule has 0 saturated carbocycles. The molecule has 1 amide bonds. The molecule has 0 aliphatic heterocycles. The maximum atomic E-state index is 12.4. The SMILES string of the molecule is Cc1ccc(C(=O)c2cc(Cl)ccc2NC(=O)CN)[nH]1. The zero-order valence-electron chi connectivity index (χ0n) is 10.9. The van der Waals surface area contributed by atoms with Crippen molar-refractivity contribution >= 4 is 29.0 Å². The molecule has 0 atom stereocenters. The van der Waals surface area contributed by atoms with Crippen LogP contribution in [-0.4, -0.2) is 23.2 Å². The van der Waals surface area contributed by atoms with E-state index >= 15 is 0 Å². The minimum Gasteiger partial charge on any atom is -0.356 e. The first-order valence-electron chi connectivity index (χ1n) is 6.01. The van der Waals surface area contributed by atoms with E-state index in [1.807, 2.05) is 6.92 Å². The Morgan fingerprint density at radius 1 is 1.30 bits per heavy atom. The summed E-state index contributed by atoms with van der Waals surface area (Å²) in [7, 11) is 0. The summed E-state index contributed by atoms with van der Waals surface area (Å²) in [4.78, 5) is 26.8. The summed E-state index contributed by atoms with van der Waals surface area (Å²) in [5.41, 5.74) is 7.29. The number of aromatic amines is 1. The number of hydrogen-bond acceptors (Lipinski definition) is 3. The molecule has 1 heterocycles. The van der Waals surface area contributed by atoms with Crippen LogP contribution in [0.2, 0.25) is 5.02 Å². The molecule has 0 saturated heterocycles. The number of anilines is 1. The first-order chi connectivity index (χ1) is 9.51. The van der Waals surface area contributed by atoms with E-state index in [2.05, 4.69) is 10.3 Å². The molecule has 0 aliphatic carbocycles. The summed E-state index contributed by atoms with van der Waals surface area (Å²) in [6, 6.07) is 8.19. The van der Waals surface area contributed by atoms with E-state index in [-0.39, 0.29) is 18.2 Å². The number of nitrogens with two attached hydrogens (primary N) is 1. The molecule has 0 spiro atoms. The molecule has 0 aliphatic rings. The van der Waals surface area contributed by atoms with Gasteiger partial charge in [0.15, 0.2) is 0 Å². The van der Waals surface area contributed by atoms with Crippen LogP contribution >= 0.6 is 11.6 Å². The van der Waals surface area contributed by atoms with Gasteiger partial charge in [-0.15, -0.1) is 0 Å². The van der Waals surface area contributed by atoms with Crippen molar-refractivity contribution in [1.29, 1.82) is 0 Å². The number of halogens is 1. The number of benzene rings is 1. The Morgan fingerprint density at radius 3 is 2.65 bits per heavy atom. The van der Waals surface area contributed by atoms with E-state index in [1.54, 1.807) is 24.3 Å². The number of rotatable bonds is 4. The van der Waals surface area contributed by atoms with Crippen LogP contribution in [0.25, 0.3) is 0 Å². The van der Waals surface area contributed by atoms with Gasteiger partial charge < -0.3 is 16.0 Å². The van der Waals surface area contributed by atoms with Crippen molar-refractivity contribution in [2.24, 2.45) is 5.73 Å². The molecule has 104 valence electrons. The highest BCUT2D eigenvalue weighted by Crippen LogP contribution is 2.23. The van der Waals surface area contributed by atoms with Gasteiger partial charge in [-0.05, 0) is 37.3 Å². The van der Waals surface area contributed by atoms with Crippen molar-refractivity contribution < 1.29 is 9.59 Å². The van der Waals surface area contributed by atoms with E-state index in [1.165, 1.54) is 6.07 Å².